The highest BCUT2D eigenvalue weighted by Gasteiger charge is 2.24. The van der Waals surface area contributed by atoms with Gasteiger partial charge in [0.15, 0.2) is 5.96 Å². The van der Waals surface area contributed by atoms with Gasteiger partial charge in [-0.2, -0.15) is 0 Å². The van der Waals surface area contributed by atoms with Crippen LogP contribution in [0.15, 0.2) is 59.6 Å². The molecule has 0 radical (unpaired) electrons. The van der Waals surface area contributed by atoms with Crippen molar-refractivity contribution in [3.63, 3.8) is 0 Å². The van der Waals surface area contributed by atoms with Gasteiger partial charge in [0.05, 0.1) is 13.2 Å². The summed E-state index contributed by atoms with van der Waals surface area (Å²) in [5.41, 5.74) is 2.64. The largest absolute Gasteiger partial charge is 0.494 e. The number of hydrogen-bond acceptors (Lipinski definition) is 3. The Bertz CT molecular complexity index is 785. The summed E-state index contributed by atoms with van der Waals surface area (Å²) in [7, 11) is 3.63. The Morgan fingerprint density at radius 2 is 1.90 bits per heavy atom. The predicted octanol–water partition coefficient (Wildman–Crippen LogP) is 4.40. The van der Waals surface area contributed by atoms with E-state index in [0.717, 1.165) is 70.2 Å². The molecule has 0 aliphatic carbocycles. The Balaban J connectivity index is 0.00000341. The highest BCUT2D eigenvalue weighted by atomic mass is 127. The normalized spacial score (nSPS) is 16.1. The molecule has 0 amide bonds. The van der Waals surface area contributed by atoms with Crippen LogP contribution in [0.2, 0.25) is 0 Å². The van der Waals surface area contributed by atoms with E-state index >= 15 is 0 Å². The van der Waals surface area contributed by atoms with Crippen molar-refractivity contribution in [2.24, 2.45) is 10.9 Å². The fourth-order valence-electron chi connectivity index (χ4n) is 3.95. The van der Waals surface area contributed by atoms with Gasteiger partial charge in [0.2, 0.25) is 0 Å². The Morgan fingerprint density at radius 3 is 2.68 bits per heavy atom. The molecule has 1 fully saturated rings. The summed E-state index contributed by atoms with van der Waals surface area (Å²) in [5.74, 6) is 2.54. The Hall–Kier alpha value is -1.80. The second-order valence-corrected chi connectivity index (χ2v) is 7.87. The maximum absolute atomic E-state index is 5.97. The van der Waals surface area contributed by atoms with Crippen LogP contribution in [0.5, 0.6) is 5.75 Å². The number of benzene rings is 2. The zero-order valence-electron chi connectivity index (χ0n) is 18.8. The lowest BCUT2D eigenvalue weighted by Gasteiger charge is -2.21. The lowest BCUT2D eigenvalue weighted by molar-refractivity contribution is 0.157. The highest BCUT2D eigenvalue weighted by Crippen LogP contribution is 2.17. The molecule has 6 heteroatoms. The molecule has 0 spiro atoms. The standard InChI is InChI=1S/C25H35N3O2.HI/c1-26-25(28-16-14-23(19-28)20-29-2)27-15-13-22-10-6-12-24(18-22)30-17-7-11-21-8-4-3-5-9-21;/h3-6,8-10,12,18,23H,7,11,13-17,19-20H2,1-2H3,(H,26,27);1H. The summed E-state index contributed by atoms with van der Waals surface area (Å²) in [6.07, 6.45) is 4.17. The van der Waals surface area contributed by atoms with E-state index in [1.54, 1.807) is 7.11 Å². The monoisotopic (exact) mass is 537 g/mol. The van der Waals surface area contributed by atoms with Gasteiger partial charge in [-0.25, -0.2) is 0 Å². The van der Waals surface area contributed by atoms with Crippen molar-refractivity contribution in [1.82, 2.24) is 10.2 Å². The van der Waals surface area contributed by atoms with E-state index in [9.17, 15) is 0 Å². The van der Waals surface area contributed by atoms with Crippen molar-refractivity contribution >= 4 is 29.9 Å². The molecule has 0 aromatic heterocycles. The van der Waals surface area contributed by atoms with Crippen molar-refractivity contribution in [2.75, 3.05) is 47.0 Å². The molecule has 3 rings (SSSR count). The lowest BCUT2D eigenvalue weighted by Crippen LogP contribution is -2.41. The number of methoxy groups -OCH3 is 1. The van der Waals surface area contributed by atoms with Crippen molar-refractivity contribution in [1.29, 1.82) is 0 Å². The number of ether oxygens (including phenoxy) is 2. The Morgan fingerprint density at radius 1 is 1.10 bits per heavy atom. The number of nitrogens with one attached hydrogen (secondary N) is 1. The number of nitrogens with zero attached hydrogens (tertiary/aromatic N) is 2. The van der Waals surface area contributed by atoms with E-state index in [-0.39, 0.29) is 24.0 Å². The molecular weight excluding hydrogens is 501 g/mol. The van der Waals surface area contributed by atoms with Crippen LogP contribution in [0.3, 0.4) is 0 Å². The van der Waals surface area contributed by atoms with Crippen LogP contribution in [0, 0.1) is 5.92 Å². The summed E-state index contributed by atoms with van der Waals surface area (Å²) in [4.78, 5) is 6.78. The molecule has 2 aromatic carbocycles. The number of guanidine groups is 1. The summed E-state index contributed by atoms with van der Waals surface area (Å²) >= 11 is 0. The Kier molecular flexibility index (Phi) is 11.7. The van der Waals surface area contributed by atoms with E-state index in [1.165, 1.54) is 11.1 Å². The van der Waals surface area contributed by atoms with Crippen molar-refractivity contribution in [3.05, 3.63) is 65.7 Å². The van der Waals surface area contributed by atoms with Crippen LogP contribution >= 0.6 is 24.0 Å². The SMILES string of the molecule is CN=C(NCCc1cccc(OCCCc2ccccc2)c1)N1CCC(COC)C1.I. The third kappa shape index (κ3) is 8.69. The van der Waals surface area contributed by atoms with Gasteiger partial charge in [-0.05, 0) is 48.9 Å². The third-order valence-electron chi connectivity index (χ3n) is 5.52. The smallest absolute Gasteiger partial charge is 0.193 e. The van der Waals surface area contributed by atoms with Crippen molar-refractivity contribution in [2.45, 2.75) is 25.7 Å². The average molecular weight is 537 g/mol. The summed E-state index contributed by atoms with van der Waals surface area (Å²) in [6, 6.07) is 19.0. The number of likely N-dealkylation sites (tertiary alicyclic amines) is 1. The first-order valence-electron chi connectivity index (χ1n) is 11.0. The molecule has 31 heavy (non-hydrogen) atoms. The number of aryl methyl sites for hydroxylation is 1. The van der Waals surface area contributed by atoms with Crippen LogP contribution in [-0.4, -0.2) is 57.9 Å². The van der Waals surface area contributed by atoms with Gasteiger partial charge in [-0.1, -0.05) is 42.5 Å². The second kappa shape index (κ2) is 14.3. The predicted molar refractivity (Wildman–Crippen MR) is 139 cm³/mol. The first-order chi connectivity index (χ1) is 14.8. The van der Waals surface area contributed by atoms with Gasteiger partial charge in [0.1, 0.15) is 5.75 Å². The van der Waals surface area contributed by atoms with E-state index in [0.29, 0.717) is 5.92 Å². The van der Waals surface area contributed by atoms with Gasteiger partial charge in [0, 0.05) is 39.7 Å². The van der Waals surface area contributed by atoms with Gasteiger partial charge >= 0.3 is 0 Å². The van der Waals surface area contributed by atoms with E-state index in [4.69, 9.17) is 9.47 Å². The molecule has 1 unspecified atom stereocenters. The minimum atomic E-state index is 0. The number of halogens is 1. The summed E-state index contributed by atoms with van der Waals surface area (Å²) < 4.78 is 11.3. The zero-order chi connectivity index (χ0) is 21.0. The number of hydrogen-bond donors (Lipinski definition) is 1. The molecule has 5 nitrogen and oxygen atoms in total. The molecule has 170 valence electrons. The molecular formula is C25H36IN3O2. The quantitative estimate of drug-likeness (QED) is 0.211. The molecule has 0 bridgehead atoms. The molecule has 1 atom stereocenters. The van der Waals surface area contributed by atoms with Crippen LogP contribution in [-0.2, 0) is 17.6 Å². The van der Waals surface area contributed by atoms with Crippen LogP contribution < -0.4 is 10.1 Å². The fraction of sp³-hybridized carbons (Fsp3) is 0.480. The van der Waals surface area contributed by atoms with E-state index in [2.05, 4.69) is 63.7 Å². The zero-order valence-corrected chi connectivity index (χ0v) is 21.1. The van der Waals surface area contributed by atoms with E-state index in [1.807, 2.05) is 13.1 Å². The molecule has 1 aliphatic rings. The van der Waals surface area contributed by atoms with Crippen molar-refractivity contribution in [3.8, 4) is 5.75 Å². The van der Waals surface area contributed by atoms with Crippen LogP contribution in [0.25, 0.3) is 0 Å². The highest BCUT2D eigenvalue weighted by molar-refractivity contribution is 14.0. The number of aliphatic imine (C=N–C) groups is 1. The molecule has 2 aromatic rings. The average Bonchev–Trinajstić information content (AvgIpc) is 3.24. The van der Waals surface area contributed by atoms with Gasteiger partial charge in [-0.3, -0.25) is 4.99 Å². The third-order valence-corrected chi connectivity index (χ3v) is 5.52. The molecule has 0 saturated carbocycles. The van der Waals surface area contributed by atoms with Gasteiger partial charge in [-0.15, -0.1) is 24.0 Å². The molecule has 1 heterocycles. The fourth-order valence-corrected chi connectivity index (χ4v) is 3.95. The lowest BCUT2D eigenvalue weighted by atomic mass is 10.1. The second-order valence-electron chi connectivity index (χ2n) is 7.87. The molecule has 1 saturated heterocycles. The Labute approximate surface area is 204 Å². The molecule has 1 aliphatic heterocycles. The maximum atomic E-state index is 5.97. The summed E-state index contributed by atoms with van der Waals surface area (Å²) in [5, 5.41) is 3.51. The topological polar surface area (TPSA) is 46.1 Å². The van der Waals surface area contributed by atoms with Crippen LogP contribution in [0.1, 0.15) is 24.0 Å². The first-order valence-corrected chi connectivity index (χ1v) is 11.0. The minimum absolute atomic E-state index is 0. The minimum Gasteiger partial charge on any atom is -0.494 e. The van der Waals surface area contributed by atoms with E-state index < -0.39 is 0 Å². The summed E-state index contributed by atoms with van der Waals surface area (Å²) in [6.45, 7) is 4.47. The van der Waals surface area contributed by atoms with Gasteiger partial charge < -0.3 is 19.7 Å². The van der Waals surface area contributed by atoms with Gasteiger partial charge in [0.25, 0.3) is 0 Å². The van der Waals surface area contributed by atoms with Crippen molar-refractivity contribution < 1.29 is 9.47 Å². The molecule has 1 N–H and O–H groups in total. The number of rotatable bonds is 10. The maximum Gasteiger partial charge on any atom is 0.193 e. The van der Waals surface area contributed by atoms with Crippen LogP contribution in [0.4, 0.5) is 0 Å². The first kappa shape index (κ1) is 25.5.